The number of rotatable bonds is 3. The standard InChI is InChI=1S/C15H19NO2/c1-10(2)8-13-12(9-14(17)16-15(13)18)11-6-4-3-5-7-11/h3-7,10,12-13H,8-9H2,1-2H3,(H,16,17,18). The van der Waals surface area contributed by atoms with Gasteiger partial charge in [0.05, 0.1) is 0 Å². The molecule has 1 heterocycles. The fraction of sp³-hybridized carbons (Fsp3) is 0.467. The summed E-state index contributed by atoms with van der Waals surface area (Å²) in [6, 6.07) is 9.87. The molecule has 0 saturated carbocycles. The quantitative estimate of drug-likeness (QED) is 0.831. The summed E-state index contributed by atoms with van der Waals surface area (Å²) < 4.78 is 0. The van der Waals surface area contributed by atoms with Gasteiger partial charge in [-0.2, -0.15) is 0 Å². The summed E-state index contributed by atoms with van der Waals surface area (Å²) >= 11 is 0. The maximum atomic E-state index is 12.0. The van der Waals surface area contributed by atoms with Gasteiger partial charge in [0.2, 0.25) is 11.8 Å². The third kappa shape index (κ3) is 2.78. The van der Waals surface area contributed by atoms with Crippen LogP contribution in [0.15, 0.2) is 30.3 Å². The van der Waals surface area contributed by atoms with E-state index >= 15 is 0 Å². The van der Waals surface area contributed by atoms with Crippen molar-refractivity contribution >= 4 is 11.8 Å². The van der Waals surface area contributed by atoms with Gasteiger partial charge >= 0.3 is 0 Å². The first-order valence-corrected chi connectivity index (χ1v) is 6.46. The first-order chi connectivity index (χ1) is 8.58. The lowest BCUT2D eigenvalue weighted by Gasteiger charge is -2.31. The van der Waals surface area contributed by atoms with Crippen molar-refractivity contribution in [3.05, 3.63) is 35.9 Å². The number of imide groups is 1. The zero-order valence-electron chi connectivity index (χ0n) is 10.8. The van der Waals surface area contributed by atoms with E-state index in [1.165, 1.54) is 0 Å². The van der Waals surface area contributed by atoms with Crippen LogP contribution in [-0.2, 0) is 9.59 Å². The molecule has 1 fully saturated rings. The fourth-order valence-corrected chi connectivity index (χ4v) is 2.64. The Kier molecular flexibility index (Phi) is 3.80. The summed E-state index contributed by atoms with van der Waals surface area (Å²) in [7, 11) is 0. The zero-order valence-corrected chi connectivity index (χ0v) is 10.8. The summed E-state index contributed by atoms with van der Waals surface area (Å²) in [5.74, 6) is 0.0998. The smallest absolute Gasteiger partial charge is 0.230 e. The van der Waals surface area contributed by atoms with E-state index in [0.29, 0.717) is 12.3 Å². The van der Waals surface area contributed by atoms with Crippen LogP contribution in [0.2, 0.25) is 0 Å². The summed E-state index contributed by atoms with van der Waals surface area (Å²) in [6.45, 7) is 4.21. The predicted octanol–water partition coefficient (Wildman–Crippen LogP) is 2.48. The predicted molar refractivity (Wildman–Crippen MR) is 69.9 cm³/mol. The summed E-state index contributed by atoms with van der Waals surface area (Å²) in [5.41, 5.74) is 1.09. The van der Waals surface area contributed by atoms with Crippen molar-refractivity contribution in [2.24, 2.45) is 11.8 Å². The van der Waals surface area contributed by atoms with E-state index < -0.39 is 0 Å². The van der Waals surface area contributed by atoms with Crippen molar-refractivity contribution in [1.82, 2.24) is 5.32 Å². The van der Waals surface area contributed by atoms with Crippen molar-refractivity contribution < 1.29 is 9.59 Å². The summed E-state index contributed by atoms with van der Waals surface area (Å²) in [6.07, 6.45) is 1.23. The van der Waals surface area contributed by atoms with E-state index in [4.69, 9.17) is 0 Å². The topological polar surface area (TPSA) is 46.2 Å². The molecule has 3 heteroatoms. The van der Waals surface area contributed by atoms with Gasteiger partial charge < -0.3 is 0 Å². The van der Waals surface area contributed by atoms with Crippen molar-refractivity contribution in [3.63, 3.8) is 0 Å². The van der Waals surface area contributed by atoms with Crippen LogP contribution in [0, 0.1) is 11.8 Å². The molecule has 0 aromatic heterocycles. The Hall–Kier alpha value is -1.64. The molecular formula is C15H19NO2. The van der Waals surface area contributed by atoms with Gasteiger partial charge in [0.25, 0.3) is 0 Å². The molecule has 96 valence electrons. The van der Waals surface area contributed by atoms with Gasteiger partial charge in [-0.1, -0.05) is 44.2 Å². The monoisotopic (exact) mass is 245 g/mol. The molecule has 1 saturated heterocycles. The van der Waals surface area contributed by atoms with E-state index in [1.807, 2.05) is 30.3 Å². The van der Waals surface area contributed by atoms with Crippen LogP contribution >= 0.6 is 0 Å². The second kappa shape index (κ2) is 5.34. The molecule has 1 aromatic carbocycles. The second-order valence-corrected chi connectivity index (χ2v) is 5.37. The minimum atomic E-state index is -0.158. The van der Waals surface area contributed by atoms with Gasteiger partial charge in [0.1, 0.15) is 0 Å². The number of carbonyl (C=O) groups is 2. The maximum Gasteiger partial charge on any atom is 0.230 e. The molecule has 1 aliphatic heterocycles. The van der Waals surface area contributed by atoms with Gasteiger partial charge in [0, 0.05) is 18.3 Å². The number of carbonyl (C=O) groups excluding carboxylic acids is 2. The fourth-order valence-electron chi connectivity index (χ4n) is 2.64. The van der Waals surface area contributed by atoms with E-state index in [0.717, 1.165) is 12.0 Å². The average molecular weight is 245 g/mol. The Bertz CT molecular complexity index is 439. The molecule has 1 aromatic rings. The number of benzene rings is 1. The molecule has 2 amide bonds. The van der Waals surface area contributed by atoms with E-state index in [9.17, 15) is 9.59 Å². The largest absolute Gasteiger partial charge is 0.296 e. The molecule has 2 atom stereocenters. The highest BCUT2D eigenvalue weighted by Gasteiger charge is 2.36. The summed E-state index contributed by atoms with van der Waals surface area (Å²) in [5, 5.41) is 2.46. The minimum absolute atomic E-state index is 0.0230. The lowest BCUT2D eigenvalue weighted by molar-refractivity contribution is -0.137. The maximum absolute atomic E-state index is 12.0. The molecule has 18 heavy (non-hydrogen) atoms. The zero-order chi connectivity index (χ0) is 13.1. The number of piperidine rings is 1. The van der Waals surface area contributed by atoms with Gasteiger partial charge in [-0.25, -0.2) is 0 Å². The van der Waals surface area contributed by atoms with Gasteiger partial charge in [0.15, 0.2) is 0 Å². The SMILES string of the molecule is CC(C)CC1C(=O)NC(=O)CC1c1ccccc1. The molecule has 3 nitrogen and oxygen atoms in total. The number of nitrogens with one attached hydrogen (secondary N) is 1. The lowest BCUT2D eigenvalue weighted by Crippen LogP contribution is -2.45. The van der Waals surface area contributed by atoms with Crippen LogP contribution in [0.1, 0.15) is 38.2 Å². The van der Waals surface area contributed by atoms with Crippen molar-refractivity contribution in [2.45, 2.75) is 32.6 Å². The van der Waals surface area contributed by atoms with Gasteiger partial charge in [-0.15, -0.1) is 0 Å². The van der Waals surface area contributed by atoms with Crippen LogP contribution in [0.25, 0.3) is 0 Å². The Balaban J connectivity index is 2.27. The highest BCUT2D eigenvalue weighted by Crippen LogP contribution is 2.35. The van der Waals surface area contributed by atoms with E-state index in [2.05, 4.69) is 19.2 Å². The van der Waals surface area contributed by atoms with E-state index in [1.54, 1.807) is 0 Å². The van der Waals surface area contributed by atoms with Crippen LogP contribution in [-0.4, -0.2) is 11.8 Å². The number of amides is 2. The molecule has 0 aliphatic carbocycles. The Labute approximate surface area is 108 Å². The molecule has 1 aliphatic rings. The number of hydrogen-bond acceptors (Lipinski definition) is 2. The highest BCUT2D eigenvalue weighted by molar-refractivity contribution is 5.99. The number of hydrogen-bond donors (Lipinski definition) is 1. The van der Waals surface area contributed by atoms with Crippen LogP contribution < -0.4 is 5.32 Å². The highest BCUT2D eigenvalue weighted by atomic mass is 16.2. The Morgan fingerprint density at radius 1 is 1.22 bits per heavy atom. The second-order valence-electron chi connectivity index (χ2n) is 5.37. The normalized spacial score (nSPS) is 24.2. The van der Waals surface area contributed by atoms with Crippen molar-refractivity contribution in [1.29, 1.82) is 0 Å². The summed E-state index contributed by atoms with van der Waals surface area (Å²) in [4.78, 5) is 23.5. The third-order valence-electron chi connectivity index (χ3n) is 3.44. The van der Waals surface area contributed by atoms with E-state index in [-0.39, 0.29) is 23.7 Å². The average Bonchev–Trinajstić information content (AvgIpc) is 2.33. The molecule has 0 spiro atoms. The van der Waals surface area contributed by atoms with Crippen LogP contribution in [0.5, 0.6) is 0 Å². The van der Waals surface area contributed by atoms with Gasteiger partial charge in [-0.05, 0) is 17.9 Å². The third-order valence-corrected chi connectivity index (χ3v) is 3.44. The van der Waals surface area contributed by atoms with Crippen molar-refractivity contribution in [3.8, 4) is 0 Å². The van der Waals surface area contributed by atoms with Crippen LogP contribution in [0.3, 0.4) is 0 Å². The minimum Gasteiger partial charge on any atom is -0.296 e. The molecule has 0 bridgehead atoms. The Morgan fingerprint density at radius 3 is 2.50 bits per heavy atom. The first kappa shape index (κ1) is 12.8. The molecule has 1 N–H and O–H groups in total. The molecule has 2 unspecified atom stereocenters. The lowest BCUT2D eigenvalue weighted by atomic mass is 9.76. The molecule has 0 radical (unpaired) electrons. The molecule has 2 rings (SSSR count). The Morgan fingerprint density at radius 2 is 1.89 bits per heavy atom. The molecular weight excluding hydrogens is 226 g/mol. The van der Waals surface area contributed by atoms with Crippen molar-refractivity contribution in [2.75, 3.05) is 0 Å². The van der Waals surface area contributed by atoms with Crippen LogP contribution in [0.4, 0.5) is 0 Å². The van der Waals surface area contributed by atoms with Gasteiger partial charge in [-0.3, -0.25) is 14.9 Å². The first-order valence-electron chi connectivity index (χ1n) is 6.46.